The molecule has 0 saturated carbocycles. The zero-order valence-corrected chi connectivity index (χ0v) is 8.24. The molecule has 0 fully saturated rings. The Morgan fingerprint density at radius 3 is 3.09 bits per heavy atom. The Morgan fingerprint density at radius 2 is 2.36 bits per heavy atom. The van der Waals surface area contributed by atoms with Crippen LogP contribution in [0.4, 0.5) is 0 Å². The van der Waals surface area contributed by atoms with Gasteiger partial charge in [-0.2, -0.15) is 5.10 Å². The highest BCUT2D eigenvalue weighted by molar-refractivity contribution is 14.1. The van der Waals surface area contributed by atoms with Gasteiger partial charge in [0.05, 0.1) is 0 Å². The predicted molar refractivity (Wildman–Crippen MR) is 50.7 cm³/mol. The number of nitrogens with zero attached hydrogens (tertiary/aromatic N) is 3. The third-order valence-electron chi connectivity index (χ3n) is 1.28. The first-order chi connectivity index (χ1) is 5.27. The van der Waals surface area contributed by atoms with Crippen LogP contribution in [0.2, 0.25) is 5.15 Å². The number of halogens is 2. The highest BCUT2D eigenvalue weighted by atomic mass is 127. The van der Waals surface area contributed by atoms with Gasteiger partial charge in [-0.1, -0.05) is 11.6 Å². The SMILES string of the molecule is Clc1ccnc2cc(I)nn12. The van der Waals surface area contributed by atoms with Gasteiger partial charge in [0.15, 0.2) is 5.65 Å². The molecule has 0 bridgehead atoms. The van der Waals surface area contributed by atoms with Crippen LogP contribution in [-0.4, -0.2) is 14.6 Å². The zero-order chi connectivity index (χ0) is 7.84. The molecular weight excluding hydrogens is 276 g/mol. The molecule has 2 aromatic heterocycles. The molecule has 5 heteroatoms. The Hall–Kier alpha value is -0.360. The van der Waals surface area contributed by atoms with Crippen LogP contribution in [0, 0.1) is 3.70 Å². The van der Waals surface area contributed by atoms with Gasteiger partial charge in [-0.15, -0.1) is 0 Å². The lowest BCUT2D eigenvalue weighted by Gasteiger charge is -1.92. The maximum atomic E-state index is 5.83. The summed E-state index contributed by atoms with van der Waals surface area (Å²) in [5.74, 6) is 0. The topological polar surface area (TPSA) is 30.2 Å². The summed E-state index contributed by atoms with van der Waals surface area (Å²) in [5.41, 5.74) is 0.780. The first kappa shape index (κ1) is 7.30. The lowest BCUT2D eigenvalue weighted by molar-refractivity contribution is 0.927. The van der Waals surface area contributed by atoms with Crippen molar-refractivity contribution >= 4 is 39.8 Å². The van der Waals surface area contributed by atoms with Crippen LogP contribution in [0.1, 0.15) is 0 Å². The molecule has 0 aliphatic heterocycles. The fourth-order valence-electron chi connectivity index (χ4n) is 0.838. The van der Waals surface area contributed by atoms with E-state index in [0.717, 1.165) is 9.35 Å². The van der Waals surface area contributed by atoms with Crippen LogP contribution in [0.25, 0.3) is 5.65 Å². The predicted octanol–water partition coefficient (Wildman–Crippen LogP) is 1.99. The highest BCUT2D eigenvalue weighted by Gasteiger charge is 2.00. The van der Waals surface area contributed by atoms with Crippen LogP contribution >= 0.6 is 34.2 Å². The molecule has 56 valence electrons. The minimum atomic E-state index is 0.581. The molecule has 0 atom stereocenters. The summed E-state index contributed by atoms with van der Waals surface area (Å²) in [7, 11) is 0. The molecule has 0 aliphatic rings. The maximum absolute atomic E-state index is 5.83. The fraction of sp³-hybridized carbons (Fsp3) is 0. The molecule has 3 nitrogen and oxygen atoms in total. The van der Waals surface area contributed by atoms with E-state index in [1.54, 1.807) is 16.8 Å². The highest BCUT2D eigenvalue weighted by Crippen LogP contribution is 2.11. The smallest absolute Gasteiger partial charge is 0.157 e. The first-order valence-electron chi connectivity index (χ1n) is 2.93. The molecule has 0 N–H and O–H groups in total. The summed E-state index contributed by atoms with van der Waals surface area (Å²) in [4.78, 5) is 4.07. The quantitative estimate of drug-likeness (QED) is 0.545. The lowest BCUT2D eigenvalue weighted by atomic mass is 10.6. The van der Waals surface area contributed by atoms with Crippen molar-refractivity contribution in [3.8, 4) is 0 Å². The molecule has 0 amide bonds. The van der Waals surface area contributed by atoms with E-state index in [2.05, 4.69) is 32.7 Å². The molecule has 0 aliphatic carbocycles. The molecule has 11 heavy (non-hydrogen) atoms. The van der Waals surface area contributed by atoms with Crippen molar-refractivity contribution in [2.45, 2.75) is 0 Å². The van der Waals surface area contributed by atoms with Gasteiger partial charge >= 0.3 is 0 Å². The van der Waals surface area contributed by atoms with E-state index < -0.39 is 0 Å². The van der Waals surface area contributed by atoms with Gasteiger partial charge in [0, 0.05) is 12.3 Å². The summed E-state index contributed by atoms with van der Waals surface area (Å²) in [6.45, 7) is 0. The van der Waals surface area contributed by atoms with E-state index in [0.29, 0.717) is 5.15 Å². The van der Waals surface area contributed by atoms with Crippen LogP contribution in [0.5, 0.6) is 0 Å². The van der Waals surface area contributed by atoms with E-state index in [9.17, 15) is 0 Å². The van der Waals surface area contributed by atoms with E-state index in [1.165, 1.54) is 0 Å². The molecule has 0 unspecified atom stereocenters. The van der Waals surface area contributed by atoms with Crippen molar-refractivity contribution in [2.24, 2.45) is 0 Å². The minimum absolute atomic E-state index is 0.581. The number of fused-ring (bicyclic) bond motifs is 1. The van der Waals surface area contributed by atoms with E-state index in [1.807, 2.05) is 6.07 Å². The van der Waals surface area contributed by atoms with Crippen LogP contribution in [-0.2, 0) is 0 Å². The van der Waals surface area contributed by atoms with E-state index in [-0.39, 0.29) is 0 Å². The molecule has 0 saturated heterocycles. The fourth-order valence-corrected chi connectivity index (χ4v) is 1.51. The van der Waals surface area contributed by atoms with Crippen LogP contribution in [0.3, 0.4) is 0 Å². The number of aromatic nitrogens is 3. The Morgan fingerprint density at radius 1 is 1.55 bits per heavy atom. The second-order valence-corrected chi connectivity index (χ2v) is 3.50. The molecule has 0 spiro atoms. The summed E-state index contributed by atoms with van der Waals surface area (Å²) in [6.07, 6.45) is 1.66. The third-order valence-corrected chi connectivity index (χ3v) is 2.10. The standard InChI is InChI=1S/C6H3ClIN3/c7-4-1-2-9-6-3-5(8)10-11(4)6/h1-3H. The van der Waals surface area contributed by atoms with Gasteiger partial charge in [0.25, 0.3) is 0 Å². The molecule has 2 aromatic rings. The summed E-state index contributed by atoms with van der Waals surface area (Å²) in [5, 5.41) is 4.70. The first-order valence-corrected chi connectivity index (χ1v) is 4.39. The van der Waals surface area contributed by atoms with Crippen molar-refractivity contribution in [1.82, 2.24) is 14.6 Å². The normalized spacial score (nSPS) is 10.7. The van der Waals surface area contributed by atoms with Gasteiger partial charge in [0.2, 0.25) is 0 Å². The summed E-state index contributed by atoms with van der Waals surface area (Å²) < 4.78 is 2.49. The maximum Gasteiger partial charge on any atom is 0.157 e. The third kappa shape index (κ3) is 1.20. The second kappa shape index (κ2) is 2.60. The molecule has 2 heterocycles. The zero-order valence-electron chi connectivity index (χ0n) is 5.33. The number of rotatable bonds is 0. The number of hydrogen-bond donors (Lipinski definition) is 0. The van der Waals surface area contributed by atoms with Gasteiger partial charge in [-0.3, -0.25) is 0 Å². The second-order valence-electron chi connectivity index (χ2n) is 2.00. The van der Waals surface area contributed by atoms with Gasteiger partial charge in [-0.05, 0) is 28.7 Å². The Labute approximate surface area is 81.5 Å². The van der Waals surface area contributed by atoms with Crippen molar-refractivity contribution < 1.29 is 0 Å². The molecule has 0 aromatic carbocycles. The average molecular weight is 279 g/mol. The van der Waals surface area contributed by atoms with E-state index >= 15 is 0 Å². The van der Waals surface area contributed by atoms with Crippen molar-refractivity contribution in [2.75, 3.05) is 0 Å². The summed E-state index contributed by atoms with van der Waals surface area (Å²) >= 11 is 7.95. The van der Waals surface area contributed by atoms with Gasteiger partial charge < -0.3 is 0 Å². The Balaban J connectivity index is 2.90. The lowest BCUT2D eigenvalue weighted by Crippen LogP contribution is -1.90. The average Bonchev–Trinajstić information content (AvgIpc) is 2.31. The minimum Gasteiger partial charge on any atom is -0.237 e. The Bertz CT molecular complexity index is 398. The van der Waals surface area contributed by atoms with Crippen molar-refractivity contribution in [3.05, 3.63) is 27.2 Å². The van der Waals surface area contributed by atoms with Gasteiger partial charge in [0.1, 0.15) is 8.85 Å². The van der Waals surface area contributed by atoms with E-state index in [4.69, 9.17) is 11.6 Å². The summed E-state index contributed by atoms with van der Waals surface area (Å²) in [6, 6.07) is 3.57. The van der Waals surface area contributed by atoms with Crippen molar-refractivity contribution in [3.63, 3.8) is 0 Å². The molecule has 0 radical (unpaired) electrons. The van der Waals surface area contributed by atoms with Crippen LogP contribution in [0.15, 0.2) is 18.3 Å². The largest absolute Gasteiger partial charge is 0.237 e. The Kier molecular flexibility index (Phi) is 1.72. The number of hydrogen-bond acceptors (Lipinski definition) is 2. The van der Waals surface area contributed by atoms with Crippen molar-refractivity contribution in [1.29, 1.82) is 0 Å². The van der Waals surface area contributed by atoms with Crippen LogP contribution < -0.4 is 0 Å². The molecule has 2 rings (SSSR count). The monoisotopic (exact) mass is 279 g/mol. The van der Waals surface area contributed by atoms with Gasteiger partial charge in [-0.25, -0.2) is 9.50 Å². The molecular formula is C6H3ClIN3.